The molecule has 1 N–H and O–H groups in total. The van der Waals surface area contributed by atoms with Crippen LogP contribution in [0.15, 0.2) is 0 Å². The molecule has 2 atom stereocenters. The summed E-state index contributed by atoms with van der Waals surface area (Å²) in [5.74, 6) is 0.0574. The molecule has 0 radical (unpaired) electrons. The Hall–Kier alpha value is -1.18. The number of ether oxygens (including phenoxy) is 1. The lowest BCUT2D eigenvalue weighted by Gasteiger charge is -2.21. The first kappa shape index (κ1) is 21.9. The van der Waals surface area contributed by atoms with Gasteiger partial charge in [0.1, 0.15) is 6.10 Å². The molecule has 0 aliphatic carbocycles. The van der Waals surface area contributed by atoms with Gasteiger partial charge in [-0.05, 0) is 20.3 Å². The first-order valence-electron chi connectivity index (χ1n) is 8.41. The van der Waals surface area contributed by atoms with Gasteiger partial charge >= 0.3 is 0 Å². The summed E-state index contributed by atoms with van der Waals surface area (Å²) < 4.78 is 7.82. The summed E-state index contributed by atoms with van der Waals surface area (Å²) in [6.45, 7) is 5.87. The summed E-state index contributed by atoms with van der Waals surface area (Å²) in [6.07, 6.45) is 1.71. The van der Waals surface area contributed by atoms with Crippen molar-refractivity contribution in [3.8, 4) is 6.07 Å². The van der Waals surface area contributed by atoms with Gasteiger partial charge in [-0.3, -0.25) is 9.48 Å². The molecule has 1 aromatic heterocycles. The first-order valence-corrected chi connectivity index (χ1v) is 8.41. The molecule has 2 rings (SSSR count). The number of carbonyl (C=O) groups excluding carboxylic acids is 1. The van der Waals surface area contributed by atoms with Gasteiger partial charge in [-0.1, -0.05) is 0 Å². The van der Waals surface area contributed by atoms with Crippen molar-refractivity contribution in [2.45, 2.75) is 45.3 Å². The van der Waals surface area contributed by atoms with Gasteiger partial charge in [0.25, 0.3) is 0 Å². The van der Waals surface area contributed by atoms with Gasteiger partial charge in [0, 0.05) is 57.5 Å². The number of nitriles is 1. The molecule has 2 heterocycles. The van der Waals surface area contributed by atoms with E-state index in [1.54, 1.807) is 11.9 Å². The summed E-state index contributed by atoms with van der Waals surface area (Å²) in [6, 6.07) is 2.25. The highest BCUT2D eigenvalue weighted by molar-refractivity contribution is 14.0. The molecule has 8 heteroatoms. The maximum absolute atomic E-state index is 12.0. The third-order valence-electron chi connectivity index (χ3n) is 4.67. The Kier molecular flexibility index (Phi) is 8.82. The zero-order chi connectivity index (χ0) is 17.7. The number of halogens is 1. The molecule has 0 aromatic carbocycles. The fraction of sp³-hybridized carbons (Fsp3) is 0.706. The third-order valence-corrected chi connectivity index (χ3v) is 4.67. The Morgan fingerprint density at radius 1 is 1.52 bits per heavy atom. The number of carbonyl (C=O) groups is 1. The van der Waals surface area contributed by atoms with Crippen molar-refractivity contribution in [2.75, 3.05) is 26.7 Å². The topological polar surface area (TPSA) is 83.2 Å². The summed E-state index contributed by atoms with van der Waals surface area (Å²) in [5, 5.41) is 16.5. The summed E-state index contributed by atoms with van der Waals surface area (Å²) >= 11 is 0. The minimum atomic E-state index is -0.00915. The van der Waals surface area contributed by atoms with Gasteiger partial charge < -0.3 is 15.0 Å². The van der Waals surface area contributed by atoms with Crippen LogP contribution in [0.2, 0.25) is 0 Å². The van der Waals surface area contributed by atoms with Crippen molar-refractivity contribution in [3.63, 3.8) is 0 Å². The van der Waals surface area contributed by atoms with E-state index in [0.29, 0.717) is 32.5 Å². The van der Waals surface area contributed by atoms with Crippen molar-refractivity contribution >= 4 is 29.9 Å². The summed E-state index contributed by atoms with van der Waals surface area (Å²) in [7, 11) is 3.68. The standard InChI is InChI=1S/C17H27N5O2.HI/c1-12-16(13(2)22(4)20-12)17-14(7-11-24-17)19-9-6-15(23)21(3)10-5-8-18;/h14,17,19H,5-7,9-11H2,1-4H3;1H/t14-,17-;/m0./s1. The van der Waals surface area contributed by atoms with Crippen LogP contribution in [0.5, 0.6) is 0 Å². The Morgan fingerprint density at radius 3 is 2.84 bits per heavy atom. The van der Waals surface area contributed by atoms with Crippen LogP contribution in [0.25, 0.3) is 0 Å². The van der Waals surface area contributed by atoms with Crippen LogP contribution in [-0.2, 0) is 16.6 Å². The highest BCUT2D eigenvalue weighted by Crippen LogP contribution is 2.33. The number of aromatic nitrogens is 2. The lowest BCUT2D eigenvalue weighted by Crippen LogP contribution is -2.36. The molecule has 0 spiro atoms. The normalized spacial score (nSPS) is 19.3. The second-order valence-corrected chi connectivity index (χ2v) is 6.32. The monoisotopic (exact) mass is 461 g/mol. The SMILES string of the molecule is Cc1nn(C)c(C)c1[C@H]1OCC[C@@H]1NCCC(=O)N(C)CCC#N.I. The minimum Gasteiger partial charge on any atom is -0.372 e. The maximum atomic E-state index is 12.0. The highest BCUT2D eigenvalue weighted by Gasteiger charge is 2.33. The Balaban J connectivity index is 0.00000312. The summed E-state index contributed by atoms with van der Waals surface area (Å²) in [5.41, 5.74) is 3.28. The van der Waals surface area contributed by atoms with Crippen LogP contribution in [0.3, 0.4) is 0 Å². The molecular weight excluding hydrogens is 433 g/mol. The second kappa shape index (κ2) is 10.1. The molecule has 140 valence electrons. The number of nitrogens with one attached hydrogen (secondary N) is 1. The molecule has 1 fully saturated rings. The molecule has 1 amide bonds. The predicted octanol–water partition coefficient (Wildman–Crippen LogP) is 1.84. The number of hydrogen-bond donors (Lipinski definition) is 1. The highest BCUT2D eigenvalue weighted by atomic mass is 127. The lowest BCUT2D eigenvalue weighted by molar-refractivity contribution is -0.129. The quantitative estimate of drug-likeness (QED) is 0.627. The van der Waals surface area contributed by atoms with Crippen molar-refractivity contribution in [2.24, 2.45) is 7.05 Å². The molecular formula is C17H28IN5O2. The van der Waals surface area contributed by atoms with Crippen LogP contribution in [0.1, 0.15) is 42.3 Å². The smallest absolute Gasteiger partial charge is 0.223 e. The minimum absolute atomic E-state index is 0. The van der Waals surface area contributed by atoms with Crippen molar-refractivity contribution in [1.82, 2.24) is 20.0 Å². The molecule has 1 aliphatic rings. The number of aryl methyl sites for hydroxylation is 2. The van der Waals surface area contributed by atoms with Crippen LogP contribution in [0.4, 0.5) is 0 Å². The molecule has 0 unspecified atom stereocenters. The number of nitrogens with zero attached hydrogens (tertiary/aromatic N) is 4. The maximum Gasteiger partial charge on any atom is 0.223 e. The van der Waals surface area contributed by atoms with Crippen LogP contribution in [-0.4, -0.2) is 53.4 Å². The Labute approximate surface area is 166 Å². The van der Waals surface area contributed by atoms with Crippen LogP contribution in [0, 0.1) is 25.2 Å². The van der Waals surface area contributed by atoms with E-state index in [4.69, 9.17) is 10.00 Å². The number of rotatable bonds is 7. The number of hydrogen-bond acceptors (Lipinski definition) is 5. The van der Waals surface area contributed by atoms with E-state index in [1.165, 1.54) is 0 Å². The van der Waals surface area contributed by atoms with Crippen LogP contribution >= 0.6 is 24.0 Å². The van der Waals surface area contributed by atoms with E-state index in [2.05, 4.69) is 23.4 Å². The largest absolute Gasteiger partial charge is 0.372 e. The van der Waals surface area contributed by atoms with Crippen molar-refractivity contribution in [1.29, 1.82) is 5.26 Å². The van der Waals surface area contributed by atoms with Crippen molar-refractivity contribution in [3.05, 3.63) is 17.0 Å². The van der Waals surface area contributed by atoms with Gasteiger partial charge in [0.2, 0.25) is 5.91 Å². The molecule has 1 saturated heterocycles. The second-order valence-electron chi connectivity index (χ2n) is 6.32. The van der Waals surface area contributed by atoms with E-state index >= 15 is 0 Å². The third kappa shape index (κ3) is 5.39. The molecule has 1 aliphatic heterocycles. The van der Waals surface area contributed by atoms with Gasteiger partial charge in [-0.15, -0.1) is 24.0 Å². The fourth-order valence-corrected chi connectivity index (χ4v) is 3.18. The zero-order valence-corrected chi connectivity index (χ0v) is 17.7. The van der Waals surface area contributed by atoms with Crippen LogP contribution < -0.4 is 5.32 Å². The fourth-order valence-electron chi connectivity index (χ4n) is 3.18. The Morgan fingerprint density at radius 2 is 2.24 bits per heavy atom. The van der Waals surface area contributed by atoms with E-state index in [-0.39, 0.29) is 42.0 Å². The summed E-state index contributed by atoms with van der Waals surface area (Å²) in [4.78, 5) is 13.6. The van der Waals surface area contributed by atoms with Gasteiger partial charge in [-0.2, -0.15) is 10.4 Å². The van der Waals surface area contributed by atoms with Gasteiger partial charge in [0.15, 0.2) is 0 Å². The molecule has 1 aromatic rings. The number of amides is 1. The zero-order valence-electron chi connectivity index (χ0n) is 15.4. The average Bonchev–Trinajstić information content (AvgIpc) is 3.09. The van der Waals surface area contributed by atoms with E-state index in [9.17, 15) is 4.79 Å². The van der Waals surface area contributed by atoms with Crippen molar-refractivity contribution < 1.29 is 9.53 Å². The molecule has 0 bridgehead atoms. The average molecular weight is 461 g/mol. The van der Waals surface area contributed by atoms with Gasteiger partial charge in [-0.25, -0.2) is 0 Å². The first-order chi connectivity index (χ1) is 11.5. The molecule has 0 saturated carbocycles. The lowest BCUT2D eigenvalue weighted by atomic mass is 10.00. The van der Waals surface area contributed by atoms with E-state index in [1.807, 2.05) is 18.7 Å². The van der Waals surface area contributed by atoms with Gasteiger partial charge in [0.05, 0.1) is 18.2 Å². The Bertz CT molecular complexity index is 625. The molecule has 7 nitrogen and oxygen atoms in total. The predicted molar refractivity (Wildman–Crippen MR) is 106 cm³/mol. The molecule has 25 heavy (non-hydrogen) atoms. The van der Waals surface area contributed by atoms with E-state index < -0.39 is 0 Å². The van der Waals surface area contributed by atoms with E-state index in [0.717, 1.165) is 23.4 Å².